The number of allylic oxidation sites excluding steroid dienone is 1. The molecule has 7 nitrogen and oxygen atoms in total. The third kappa shape index (κ3) is 4.03. The first kappa shape index (κ1) is 21.1. The van der Waals surface area contributed by atoms with Crippen LogP contribution in [0.3, 0.4) is 0 Å². The number of hydrogen-bond acceptors (Lipinski definition) is 7. The minimum atomic E-state index is -0.747. The quantitative estimate of drug-likeness (QED) is 0.626. The van der Waals surface area contributed by atoms with Gasteiger partial charge in [-0.3, -0.25) is 0 Å². The van der Waals surface area contributed by atoms with E-state index >= 15 is 0 Å². The van der Waals surface area contributed by atoms with E-state index in [2.05, 4.69) is 6.07 Å². The maximum Gasteiger partial charge on any atom is 0.343 e. The van der Waals surface area contributed by atoms with Crippen LogP contribution < -0.4 is 25.6 Å². The molecule has 0 spiro atoms. The average molecular weight is 430 g/mol. The van der Waals surface area contributed by atoms with Crippen LogP contribution in [-0.4, -0.2) is 6.61 Å². The number of nitriles is 1. The van der Waals surface area contributed by atoms with Crippen LogP contribution >= 0.6 is 0 Å². The van der Waals surface area contributed by atoms with Crippen molar-refractivity contribution in [3.63, 3.8) is 0 Å². The van der Waals surface area contributed by atoms with Crippen LogP contribution in [0.5, 0.6) is 17.2 Å². The summed E-state index contributed by atoms with van der Waals surface area (Å²) in [5, 5.41) is 9.75. The van der Waals surface area contributed by atoms with Gasteiger partial charge in [0.05, 0.1) is 18.1 Å². The highest BCUT2D eigenvalue weighted by molar-refractivity contribution is 5.57. The Hall–Kier alpha value is -4.18. The van der Waals surface area contributed by atoms with Crippen molar-refractivity contribution in [2.45, 2.75) is 26.4 Å². The van der Waals surface area contributed by atoms with Crippen LogP contribution in [0.25, 0.3) is 0 Å². The number of rotatable bonds is 6. The van der Waals surface area contributed by atoms with Gasteiger partial charge in [-0.05, 0) is 37.1 Å². The minimum Gasteiger partial charge on any atom is -0.490 e. The van der Waals surface area contributed by atoms with E-state index in [1.54, 1.807) is 31.2 Å². The van der Waals surface area contributed by atoms with Crippen molar-refractivity contribution in [1.82, 2.24) is 0 Å². The number of aryl methyl sites for hydroxylation is 1. The number of benzene rings is 2. The normalized spacial score (nSPS) is 14.8. The minimum absolute atomic E-state index is 0.0441. The predicted molar refractivity (Wildman–Crippen MR) is 117 cm³/mol. The third-order valence-corrected chi connectivity index (χ3v) is 5.09. The fraction of sp³-hybridized carbons (Fsp3) is 0.200. The molecule has 0 unspecified atom stereocenters. The fourth-order valence-electron chi connectivity index (χ4n) is 3.68. The first-order chi connectivity index (χ1) is 15.5. The van der Waals surface area contributed by atoms with E-state index in [4.69, 9.17) is 24.4 Å². The summed E-state index contributed by atoms with van der Waals surface area (Å²) < 4.78 is 22.6. The Morgan fingerprint density at radius 1 is 1.09 bits per heavy atom. The van der Waals surface area contributed by atoms with E-state index in [1.807, 2.05) is 37.3 Å². The Bertz CT molecular complexity index is 1270. The molecule has 1 aliphatic heterocycles. The second-order valence-corrected chi connectivity index (χ2v) is 7.26. The Morgan fingerprint density at radius 3 is 2.59 bits per heavy atom. The van der Waals surface area contributed by atoms with Crippen molar-refractivity contribution in [3.8, 4) is 23.3 Å². The molecule has 1 atom stereocenters. The van der Waals surface area contributed by atoms with Gasteiger partial charge in [-0.1, -0.05) is 36.4 Å². The first-order valence-electron chi connectivity index (χ1n) is 10.2. The molecule has 0 saturated carbocycles. The topological polar surface area (TPSA) is 108 Å². The molecule has 2 heterocycles. The molecule has 0 amide bonds. The molecular weight excluding hydrogens is 408 g/mol. The highest BCUT2D eigenvalue weighted by atomic mass is 16.5. The van der Waals surface area contributed by atoms with Crippen molar-refractivity contribution < 1.29 is 18.6 Å². The molecule has 1 aliphatic rings. The van der Waals surface area contributed by atoms with Crippen molar-refractivity contribution in [2.24, 2.45) is 5.73 Å². The molecule has 0 fully saturated rings. The lowest BCUT2D eigenvalue weighted by atomic mass is 9.84. The molecule has 1 aromatic heterocycles. The molecule has 0 radical (unpaired) electrons. The van der Waals surface area contributed by atoms with E-state index in [0.29, 0.717) is 36.0 Å². The van der Waals surface area contributed by atoms with Gasteiger partial charge in [-0.25, -0.2) is 4.79 Å². The predicted octanol–water partition coefficient (Wildman–Crippen LogP) is 4.14. The van der Waals surface area contributed by atoms with Gasteiger partial charge in [-0.15, -0.1) is 0 Å². The highest BCUT2D eigenvalue weighted by Gasteiger charge is 2.34. The van der Waals surface area contributed by atoms with E-state index in [1.165, 1.54) is 0 Å². The van der Waals surface area contributed by atoms with E-state index in [9.17, 15) is 10.1 Å². The Labute approximate surface area is 185 Å². The summed E-state index contributed by atoms with van der Waals surface area (Å²) in [7, 11) is 0. The first-order valence-corrected chi connectivity index (χ1v) is 10.2. The van der Waals surface area contributed by atoms with Gasteiger partial charge in [0.1, 0.15) is 29.8 Å². The van der Waals surface area contributed by atoms with Crippen molar-refractivity contribution in [3.05, 3.63) is 98.9 Å². The zero-order valence-corrected chi connectivity index (χ0v) is 17.8. The van der Waals surface area contributed by atoms with Gasteiger partial charge < -0.3 is 24.4 Å². The second kappa shape index (κ2) is 8.90. The van der Waals surface area contributed by atoms with Gasteiger partial charge in [0, 0.05) is 6.07 Å². The molecule has 2 aromatic carbocycles. The van der Waals surface area contributed by atoms with Gasteiger partial charge in [0.2, 0.25) is 5.88 Å². The lowest BCUT2D eigenvalue weighted by Gasteiger charge is -2.25. The second-order valence-electron chi connectivity index (χ2n) is 7.26. The monoisotopic (exact) mass is 430 g/mol. The summed E-state index contributed by atoms with van der Waals surface area (Å²) in [6, 6.07) is 18.8. The van der Waals surface area contributed by atoms with Crippen LogP contribution in [0.4, 0.5) is 0 Å². The van der Waals surface area contributed by atoms with E-state index < -0.39 is 11.5 Å². The average Bonchev–Trinajstić information content (AvgIpc) is 2.78. The van der Waals surface area contributed by atoms with E-state index in [-0.39, 0.29) is 22.8 Å². The number of nitrogens with two attached hydrogens (primary N) is 1. The van der Waals surface area contributed by atoms with Crippen LogP contribution in [0.1, 0.15) is 35.3 Å². The molecule has 32 heavy (non-hydrogen) atoms. The number of nitrogens with zero attached hydrogens (tertiary/aromatic N) is 1. The van der Waals surface area contributed by atoms with Crippen molar-refractivity contribution in [2.75, 3.05) is 6.61 Å². The molecule has 0 aliphatic carbocycles. The summed E-state index contributed by atoms with van der Waals surface area (Å²) in [4.78, 5) is 12.7. The van der Waals surface area contributed by atoms with Crippen LogP contribution in [-0.2, 0) is 6.61 Å². The molecule has 2 N–H and O–H groups in total. The number of ether oxygens (including phenoxy) is 3. The molecule has 162 valence electrons. The maximum absolute atomic E-state index is 12.7. The molecule has 4 rings (SSSR count). The molecule has 7 heteroatoms. The van der Waals surface area contributed by atoms with Crippen molar-refractivity contribution >= 4 is 0 Å². The lowest BCUT2D eigenvalue weighted by molar-refractivity contribution is 0.269. The number of fused-ring (bicyclic) bond motifs is 1. The summed E-state index contributed by atoms with van der Waals surface area (Å²) >= 11 is 0. The van der Waals surface area contributed by atoms with Gasteiger partial charge in [0.25, 0.3) is 0 Å². The van der Waals surface area contributed by atoms with Gasteiger partial charge in [0.15, 0.2) is 11.5 Å². The largest absolute Gasteiger partial charge is 0.490 e. The molecular formula is C25H22N2O5. The van der Waals surface area contributed by atoms with Crippen molar-refractivity contribution in [1.29, 1.82) is 5.26 Å². The smallest absolute Gasteiger partial charge is 0.343 e. The standard InChI is InChI=1S/C25H22N2O5/c1-3-29-20-12-17(9-10-19(20)30-14-16-7-5-4-6-8-16)22-18(13-26)24(27)32-21-11-15(2)31-25(28)23(21)22/h4-12,22H,3,14,27H2,1-2H3/t22-/m1/s1. The van der Waals surface area contributed by atoms with E-state index in [0.717, 1.165) is 5.56 Å². The third-order valence-electron chi connectivity index (χ3n) is 5.09. The fourth-order valence-corrected chi connectivity index (χ4v) is 3.68. The highest BCUT2D eigenvalue weighted by Crippen LogP contribution is 2.42. The molecule has 0 saturated heterocycles. The maximum atomic E-state index is 12.7. The summed E-state index contributed by atoms with van der Waals surface area (Å²) in [5.41, 5.74) is 7.46. The lowest BCUT2D eigenvalue weighted by Crippen LogP contribution is -2.26. The Balaban J connectivity index is 1.76. The van der Waals surface area contributed by atoms with Crippen LogP contribution in [0.15, 0.2) is 75.3 Å². The Morgan fingerprint density at radius 2 is 1.88 bits per heavy atom. The number of hydrogen-bond donors (Lipinski definition) is 1. The Kier molecular flexibility index (Phi) is 5.86. The van der Waals surface area contributed by atoms with Crippen LogP contribution in [0, 0.1) is 18.3 Å². The summed E-state index contributed by atoms with van der Waals surface area (Å²) in [6.45, 7) is 4.30. The molecule has 3 aromatic rings. The zero-order chi connectivity index (χ0) is 22.7. The SMILES string of the molecule is CCOc1cc([C@@H]2C(C#N)=C(N)Oc3cc(C)oc(=O)c32)ccc1OCc1ccccc1. The molecule has 0 bridgehead atoms. The summed E-state index contributed by atoms with van der Waals surface area (Å²) in [5.74, 6) is 0.933. The van der Waals surface area contributed by atoms with Gasteiger partial charge in [-0.2, -0.15) is 5.26 Å². The van der Waals surface area contributed by atoms with Gasteiger partial charge >= 0.3 is 5.63 Å². The summed E-state index contributed by atoms with van der Waals surface area (Å²) in [6.07, 6.45) is 0. The zero-order valence-electron chi connectivity index (χ0n) is 17.8. The van der Waals surface area contributed by atoms with Crippen LogP contribution in [0.2, 0.25) is 0 Å².